The maximum Gasteiger partial charge on any atom is 0.0929 e. The quantitative estimate of drug-likeness (QED) is 0.559. The van der Waals surface area contributed by atoms with Crippen LogP contribution in [0.25, 0.3) is 32.9 Å². The van der Waals surface area contributed by atoms with E-state index < -0.39 is 0 Å². The van der Waals surface area contributed by atoms with Gasteiger partial charge in [0.2, 0.25) is 0 Å². The minimum atomic E-state index is 0.994. The van der Waals surface area contributed by atoms with Gasteiger partial charge in [0, 0.05) is 28.2 Å². The summed E-state index contributed by atoms with van der Waals surface area (Å²) in [5, 5.41) is 9.70. The minimum absolute atomic E-state index is 0.994. The molecule has 0 bridgehead atoms. The number of hydrogen-bond acceptors (Lipinski definition) is 2. The SMILES string of the molecule is Cc1[nH]nc2cccc(-c3cnc4ccccc4c3)c12. The highest BCUT2D eigenvalue weighted by Crippen LogP contribution is 2.30. The second-order valence-corrected chi connectivity index (χ2v) is 4.96. The van der Waals surface area contributed by atoms with Crippen molar-refractivity contribution in [3.8, 4) is 11.1 Å². The van der Waals surface area contributed by atoms with Gasteiger partial charge in [0.05, 0.1) is 11.0 Å². The first-order valence-electron chi connectivity index (χ1n) is 6.62. The molecular weight excluding hydrogens is 246 g/mol. The first kappa shape index (κ1) is 11.2. The largest absolute Gasteiger partial charge is 0.282 e. The van der Waals surface area contributed by atoms with Crippen molar-refractivity contribution in [2.45, 2.75) is 6.92 Å². The summed E-state index contributed by atoms with van der Waals surface area (Å²) in [4.78, 5) is 4.55. The number of nitrogens with one attached hydrogen (secondary N) is 1. The van der Waals surface area contributed by atoms with E-state index in [-0.39, 0.29) is 0 Å². The van der Waals surface area contributed by atoms with Crippen LogP contribution in [0.4, 0.5) is 0 Å². The Labute approximate surface area is 116 Å². The minimum Gasteiger partial charge on any atom is -0.282 e. The van der Waals surface area contributed by atoms with Gasteiger partial charge in [-0.2, -0.15) is 5.10 Å². The molecule has 0 aliphatic rings. The van der Waals surface area contributed by atoms with Crippen molar-refractivity contribution in [3.05, 3.63) is 60.4 Å². The maximum absolute atomic E-state index is 4.55. The zero-order chi connectivity index (χ0) is 13.5. The molecule has 96 valence electrons. The zero-order valence-corrected chi connectivity index (χ0v) is 11.1. The molecule has 0 saturated heterocycles. The lowest BCUT2D eigenvalue weighted by Gasteiger charge is -2.05. The smallest absolute Gasteiger partial charge is 0.0929 e. The number of aromatic amines is 1. The van der Waals surface area contributed by atoms with Crippen molar-refractivity contribution in [3.63, 3.8) is 0 Å². The average Bonchev–Trinajstić information content (AvgIpc) is 2.88. The summed E-state index contributed by atoms with van der Waals surface area (Å²) in [7, 11) is 0. The second-order valence-electron chi connectivity index (χ2n) is 4.96. The predicted octanol–water partition coefficient (Wildman–Crippen LogP) is 4.09. The van der Waals surface area contributed by atoms with Crippen LogP contribution < -0.4 is 0 Å². The predicted molar refractivity (Wildman–Crippen MR) is 81.6 cm³/mol. The molecule has 3 nitrogen and oxygen atoms in total. The third-order valence-electron chi connectivity index (χ3n) is 3.66. The normalized spacial score (nSPS) is 11.2. The van der Waals surface area contributed by atoms with Gasteiger partial charge in [-0.1, -0.05) is 30.3 Å². The highest BCUT2D eigenvalue weighted by atomic mass is 15.1. The van der Waals surface area contributed by atoms with E-state index in [2.05, 4.69) is 33.4 Å². The van der Waals surface area contributed by atoms with Crippen LogP contribution in [0.5, 0.6) is 0 Å². The molecule has 0 radical (unpaired) electrons. The lowest BCUT2D eigenvalue weighted by atomic mass is 10.0. The Hall–Kier alpha value is -2.68. The van der Waals surface area contributed by atoms with Gasteiger partial charge < -0.3 is 0 Å². The maximum atomic E-state index is 4.55. The van der Waals surface area contributed by atoms with E-state index in [1.54, 1.807) is 0 Å². The van der Waals surface area contributed by atoms with E-state index in [4.69, 9.17) is 0 Å². The highest BCUT2D eigenvalue weighted by Gasteiger charge is 2.09. The number of pyridine rings is 1. The van der Waals surface area contributed by atoms with E-state index in [1.165, 1.54) is 10.9 Å². The van der Waals surface area contributed by atoms with Crippen LogP contribution in [-0.2, 0) is 0 Å². The number of para-hydroxylation sites is 1. The van der Waals surface area contributed by atoms with Crippen LogP contribution in [0.2, 0.25) is 0 Å². The summed E-state index contributed by atoms with van der Waals surface area (Å²) >= 11 is 0. The molecular formula is C17H13N3. The lowest BCUT2D eigenvalue weighted by molar-refractivity contribution is 1.07. The Bertz CT molecular complexity index is 922. The van der Waals surface area contributed by atoms with E-state index in [9.17, 15) is 0 Å². The summed E-state index contributed by atoms with van der Waals surface area (Å²) in [6, 6.07) is 16.5. The fourth-order valence-electron chi connectivity index (χ4n) is 2.69. The van der Waals surface area contributed by atoms with Crippen molar-refractivity contribution < 1.29 is 0 Å². The number of benzene rings is 2. The van der Waals surface area contributed by atoms with Crippen LogP contribution in [0.3, 0.4) is 0 Å². The van der Waals surface area contributed by atoms with E-state index in [0.717, 1.165) is 27.7 Å². The fraction of sp³-hybridized carbons (Fsp3) is 0.0588. The summed E-state index contributed by atoms with van der Waals surface area (Å²) < 4.78 is 0. The first-order valence-corrected chi connectivity index (χ1v) is 6.62. The van der Waals surface area contributed by atoms with Crippen molar-refractivity contribution in [1.82, 2.24) is 15.2 Å². The van der Waals surface area contributed by atoms with Gasteiger partial charge in [0.1, 0.15) is 0 Å². The Morgan fingerprint density at radius 3 is 2.75 bits per heavy atom. The standard InChI is InChI=1S/C17H13N3/c1-11-17-14(6-4-8-16(17)20-19-11)13-9-12-5-2-3-7-15(12)18-10-13/h2-10H,1H3,(H,19,20). The molecule has 20 heavy (non-hydrogen) atoms. The van der Waals surface area contributed by atoms with Crippen LogP contribution in [0.15, 0.2) is 54.7 Å². The zero-order valence-electron chi connectivity index (χ0n) is 11.1. The molecule has 0 aliphatic carbocycles. The van der Waals surface area contributed by atoms with Gasteiger partial charge >= 0.3 is 0 Å². The number of H-pyrrole nitrogens is 1. The summed E-state index contributed by atoms with van der Waals surface area (Å²) in [6.07, 6.45) is 1.93. The van der Waals surface area contributed by atoms with Crippen LogP contribution in [0, 0.1) is 6.92 Å². The monoisotopic (exact) mass is 259 g/mol. The molecule has 2 heterocycles. The fourth-order valence-corrected chi connectivity index (χ4v) is 2.69. The molecule has 4 aromatic rings. The number of hydrogen-bond donors (Lipinski definition) is 1. The lowest BCUT2D eigenvalue weighted by Crippen LogP contribution is -1.84. The van der Waals surface area contributed by atoms with E-state index >= 15 is 0 Å². The number of aromatic nitrogens is 3. The van der Waals surface area contributed by atoms with Crippen molar-refractivity contribution >= 4 is 21.8 Å². The summed E-state index contributed by atoms with van der Waals surface area (Å²) in [5.74, 6) is 0. The van der Waals surface area contributed by atoms with Gasteiger partial charge in [0.15, 0.2) is 0 Å². The molecule has 0 fully saturated rings. The number of fused-ring (bicyclic) bond motifs is 2. The van der Waals surface area contributed by atoms with Gasteiger partial charge in [-0.15, -0.1) is 0 Å². The van der Waals surface area contributed by atoms with E-state index in [0.29, 0.717) is 0 Å². The first-order chi connectivity index (χ1) is 9.83. The average molecular weight is 259 g/mol. The number of rotatable bonds is 1. The molecule has 0 saturated carbocycles. The Morgan fingerprint density at radius 2 is 1.80 bits per heavy atom. The molecule has 0 amide bonds. The van der Waals surface area contributed by atoms with Crippen molar-refractivity contribution in [1.29, 1.82) is 0 Å². The molecule has 0 unspecified atom stereocenters. The highest BCUT2D eigenvalue weighted by molar-refractivity contribution is 5.98. The van der Waals surface area contributed by atoms with Crippen LogP contribution in [0.1, 0.15) is 5.69 Å². The Kier molecular flexibility index (Phi) is 2.33. The van der Waals surface area contributed by atoms with E-state index in [1.807, 2.05) is 43.5 Å². The molecule has 2 aromatic carbocycles. The molecule has 1 N–H and O–H groups in total. The third-order valence-corrected chi connectivity index (χ3v) is 3.66. The molecule has 0 spiro atoms. The second kappa shape index (κ2) is 4.17. The Balaban J connectivity index is 2.03. The van der Waals surface area contributed by atoms with Crippen LogP contribution >= 0.6 is 0 Å². The number of aryl methyl sites for hydroxylation is 1. The van der Waals surface area contributed by atoms with Gasteiger partial charge in [-0.25, -0.2) is 0 Å². The molecule has 0 aliphatic heterocycles. The van der Waals surface area contributed by atoms with Crippen LogP contribution in [-0.4, -0.2) is 15.2 Å². The third kappa shape index (κ3) is 1.60. The number of nitrogens with zero attached hydrogens (tertiary/aromatic N) is 2. The summed E-state index contributed by atoms with van der Waals surface area (Å²) in [6.45, 7) is 2.05. The van der Waals surface area contributed by atoms with Crippen molar-refractivity contribution in [2.75, 3.05) is 0 Å². The molecule has 2 aromatic heterocycles. The topological polar surface area (TPSA) is 41.6 Å². The van der Waals surface area contributed by atoms with Gasteiger partial charge in [-0.3, -0.25) is 10.1 Å². The van der Waals surface area contributed by atoms with Crippen molar-refractivity contribution in [2.24, 2.45) is 0 Å². The Morgan fingerprint density at radius 1 is 0.950 bits per heavy atom. The van der Waals surface area contributed by atoms with Gasteiger partial charge in [0.25, 0.3) is 0 Å². The van der Waals surface area contributed by atoms with Gasteiger partial charge in [-0.05, 0) is 30.7 Å². The summed E-state index contributed by atoms with van der Waals surface area (Å²) in [5.41, 5.74) is 5.40. The molecule has 0 atom stereocenters. The molecule has 3 heteroatoms. The molecule has 4 rings (SSSR count).